The first-order valence-electron chi connectivity index (χ1n) is 11.2. The Labute approximate surface area is 205 Å². The van der Waals surface area contributed by atoms with Crippen molar-refractivity contribution in [3.05, 3.63) is 82.4 Å². The highest BCUT2D eigenvalue weighted by Crippen LogP contribution is 2.26. The maximum absolute atomic E-state index is 7.55. The van der Waals surface area contributed by atoms with E-state index in [9.17, 15) is 0 Å². The van der Waals surface area contributed by atoms with Crippen molar-refractivity contribution in [2.75, 3.05) is 20.8 Å². The number of aromatic nitrogens is 2. The lowest BCUT2D eigenvalue weighted by molar-refractivity contribution is 0.183. The van der Waals surface area contributed by atoms with E-state index in [0.717, 1.165) is 33.7 Å². The van der Waals surface area contributed by atoms with Crippen molar-refractivity contribution in [1.29, 1.82) is 5.41 Å². The lowest BCUT2D eigenvalue weighted by Crippen LogP contribution is -2.27. The largest absolute Gasteiger partial charge is 0.398 e. The summed E-state index contributed by atoms with van der Waals surface area (Å²) in [5.41, 5.74) is 18.1. The Hall–Kier alpha value is -4.18. The number of hydrogen-bond acceptors (Lipinski definition) is 8. The Bertz CT molecular complexity index is 1200. The number of aliphatic imine (C=N–C) groups is 2. The van der Waals surface area contributed by atoms with Gasteiger partial charge in [0.1, 0.15) is 11.7 Å². The van der Waals surface area contributed by atoms with Gasteiger partial charge in [0.25, 0.3) is 0 Å². The second-order valence-corrected chi connectivity index (χ2v) is 8.24. The van der Waals surface area contributed by atoms with Crippen molar-refractivity contribution in [3.63, 3.8) is 0 Å². The lowest BCUT2D eigenvalue weighted by Gasteiger charge is -2.24. The van der Waals surface area contributed by atoms with Gasteiger partial charge in [-0.05, 0) is 35.8 Å². The van der Waals surface area contributed by atoms with Crippen molar-refractivity contribution < 1.29 is 4.74 Å². The van der Waals surface area contributed by atoms with E-state index in [4.69, 9.17) is 21.6 Å². The molecule has 0 spiro atoms. The van der Waals surface area contributed by atoms with Crippen LogP contribution in [0.25, 0.3) is 5.70 Å². The maximum Gasteiger partial charge on any atom is 0.132 e. The number of ether oxygens (including phenoxy) is 1. The van der Waals surface area contributed by atoms with Gasteiger partial charge in [-0.1, -0.05) is 13.8 Å². The highest BCUT2D eigenvalue weighted by Gasteiger charge is 2.19. The monoisotopic (exact) mass is 475 g/mol. The minimum atomic E-state index is 0.182. The molecule has 0 fully saturated rings. The van der Waals surface area contributed by atoms with Gasteiger partial charge in [-0.2, -0.15) is 5.10 Å². The number of methoxy groups -OCH3 is 1. The molecule has 0 bridgehead atoms. The fourth-order valence-electron chi connectivity index (χ4n) is 3.42. The van der Waals surface area contributed by atoms with E-state index in [1.165, 1.54) is 6.21 Å². The molecule has 0 radical (unpaired) electrons. The summed E-state index contributed by atoms with van der Waals surface area (Å²) >= 11 is 0. The summed E-state index contributed by atoms with van der Waals surface area (Å²) in [5, 5.41) is 18.5. The van der Waals surface area contributed by atoms with Crippen LogP contribution >= 0.6 is 0 Å². The fourth-order valence-corrected chi connectivity index (χ4v) is 3.42. The van der Waals surface area contributed by atoms with Crippen LogP contribution in [0.4, 0.5) is 0 Å². The number of amidine groups is 1. The van der Waals surface area contributed by atoms with E-state index in [1.807, 2.05) is 44.5 Å². The molecular formula is C25H33N9O. The van der Waals surface area contributed by atoms with Gasteiger partial charge in [0.15, 0.2) is 0 Å². The van der Waals surface area contributed by atoms with Crippen LogP contribution in [0.1, 0.15) is 19.4 Å². The van der Waals surface area contributed by atoms with Gasteiger partial charge in [-0.3, -0.25) is 9.67 Å². The zero-order chi connectivity index (χ0) is 25.4. The molecule has 1 aromatic rings. The summed E-state index contributed by atoms with van der Waals surface area (Å²) < 4.78 is 6.91. The lowest BCUT2D eigenvalue weighted by atomic mass is 9.99. The molecule has 10 heteroatoms. The van der Waals surface area contributed by atoms with Gasteiger partial charge in [0, 0.05) is 55.7 Å². The predicted octanol–water partition coefficient (Wildman–Crippen LogP) is 2.19. The van der Waals surface area contributed by atoms with Crippen LogP contribution in [0.5, 0.6) is 0 Å². The van der Waals surface area contributed by atoms with Gasteiger partial charge in [0.2, 0.25) is 0 Å². The van der Waals surface area contributed by atoms with E-state index in [1.54, 1.807) is 37.3 Å². The molecule has 10 nitrogen and oxygen atoms in total. The SMILES string of the molecule is CN=CC(C1=CNC2=CC=C(N=C(N)C=C(C=N)C(C)C)NC2=C1)=C(N)c1cnn(CCOC)c1. The minimum Gasteiger partial charge on any atom is -0.398 e. The molecule has 1 aromatic heterocycles. The molecule has 2 aliphatic heterocycles. The topological polar surface area (TPSA) is 152 Å². The maximum atomic E-state index is 7.55. The van der Waals surface area contributed by atoms with Gasteiger partial charge in [-0.25, -0.2) is 4.99 Å². The standard InChI is InChI=1S/C25H33N9O/c1-16(2)17(11-26)10-23(27)33-24-6-5-21-22(32-24)9-18(12-30-21)20(14-29-3)25(28)19-13-31-34(15-19)7-8-35-4/h5-6,9-16,26,30,32H,7-8,28H2,1-4H3,(H2,27,33). The third-order valence-electron chi connectivity index (χ3n) is 5.37. The third kappa shape index (κ3) is 6.45. The second kappa shape index (κ2) is 11.8. The zero-order valence-corrected chi connectivity index (χ0v) is 20.5. The number of nitrogens with one attached hydrogen (secondary N) is 3. The number of nitrogens with zero attached hydrogens (tertiary/aromatic N) is 4. The van der Waals surface area contributed by atoms with Crippen LogP contribution in [0.3, 0.4) is 0 Å². The smallest absolute Gasteiger partial charge is 0.132 e. The molecule has 2 aliphatic rings. The van der Waals surface area contributed by atoms with Gasteiger partial charge < -0.3 is 32.2 Å². The minimum absolute atomic E-state index is 0.182. The van der Waals surface area contributed by atoms with Crippen LogP contribution in [-0.2, 0) is 11.3 Å². The molecule has 0 aromatic carbocycles. The number of hydrogen-bond donors (Lipinski definition) is 5. The van der Waals surface area contributed by atoms with Gasteiger partial charge in [0.05, 0.1) is 36.4 Å². The van der Waals surface area contributed by atoms with Crippen molar-refractivity contribution in [2.24, 2.45) is 27.4 Å². The first-order chi connectivity index (χ1) is 16.9. The molecule has 3 heterocycles. The Morgan fingerprint density at radius 2 is 2.09 bits per heavy atom. The van der Waals surface area contributed by atoms with Crippen LogP contribution in [0.15, 0.2) is 86.8 Å². The molecule has 0 aliphatic carbocycles. The average molecular weight is 476 g/mol. The summed E-state index contributed by atoms with van der Waals surface area (Å²) in [6, 6.07) is 0. The summed E-state index contributed by atoms with van der Waals surface area (Å²) in [6.45, 7) is 5.21. The molecule has 0 saturated carbocycles. The molecule has 35 heavy (non-hydrogen) atoms. The Balaban J connectivity index is 1.87. The van der Waals surface area contributed by atoms with Crippen LogP contribution in [-0.4, -0.2) is 48.8 Å². The van der Waals surface area contributed by atoms with E-state index in [2.05, 4.69) is 25.7 Å². The number of fused-ring (bicyclic) bond motifs is 1. The average Bonchev–Trinajstić information content (AvgIpc) is 3.32. The molecule has 0 unspecified atom stereocenters. The third-order valence-corrected chi connectivity index (χ3v) is 5.37. The van der Waals surface area contributed by atoms with Crippen molar-refractivity contribution in [3.8, 4) is 0 Å². The first-order valence-corrected chi connectivity index (χ1v) is 11.2. The van der Waals surface area contributed by atoms with E-state index < -0.39 is 0 Å². The number of rotatable bonds is 10. The predicted molar refractivity (Wildman–Crippen MR) is 142 cm³/mol. The van der Waals surface area contributed by atoms with E-state index >= 15 is 0 Å². The summed E-state index contributed by atoms with van der Waals surface area (Å²) in [6.07, 6.45) is 16.0. The number of allylic oxidation sites excluding steroid dienone is 6. The molecule has 7 N–H and O–H groups in total. The fraction of sp³-hybridized carbons (Fsp3) is 0.280. The van der Waals surface area contributed by atoms with Crippen molar-refractivity contribution in [2.45, 2.75) is 20.4 Å². The quantitative estimate of drug-likeness (QED) is 0.258. The zero-order valence-electron chi connectivity index (χ0n) is 20.5. The highest BCUT2D eigenvalue weighted by atomic mass is 16.5. The first kappa shape index (κ1) is 25.4. The molecule has 0 amide bonds. The van der Waals surface area contributed by atoms with Gasteiger partial charge in [-0.15, -0.1) is 0 Å². The Kier molecular flexibility index (Phi) is 8.58. The van der Waals surface area contributed by atoms with Crippen molar-refractivity contribution in [1.82, 2.24) is 20.4 Å². The molecule has 0 atom stereocenters. The molecule has 0 saturated heterocycles. The van der Waals surface area contributed by atoms with E-state index in [-0.39, 0.29) is 5.92 Å². The Morgan fingerprint density at radius 3 is 2.77 bits per heavy atom. The molecule has 3 rings (SSSR count). The van der Waals surface area contributed by atoms with Crippen LogP contribution in [0.2, 0.25) is 0 Å². The summed E-state index contributed by atoms with van der Waals surface area (Å²) in [5.74, 6) is 1.09. The second-order valence-electron chi connectivity index (χ2n) is 8.24. The Morgan fingerprint density at radius 1 is 1.29 bits per heavy atom. The number of dihydropyridines is 2. The highest BCUT2D eigenvalue weighted by molar-refractivity contribution is 5.98. The van der Waals surface area contributed by atoms with Gasteiger partial charge >= 0.3 is 0 Å². The van der Waals surface area contributed by atoms with Crippen LogP contribution in [0, 0.1) is 11.3 Å². The van der Waals surface area contributed by atoms with E-state index in [0.29, 0.717) is 30.5 Å². The normalized spacial score (nSPS) is 17.1. The number of nitrogens with two attached hydrogens (primary N) is 2. The van der Waals surface area contributed by atoms with Crippen molar-refractivity contribution >= 4 is 24.0 Å². The molecule has 184 valence electrons. The van der Waals surface area contributed by atoms with Crippen LogP contribution < -0.4 is 22.1 Å². The molecular weight excluding hydrogens is 442 g/mol. The summed E-state index contributed by atoms with van der Waals surface area (Å²) in [4.78, 5) is 8.67. The summed E-state index contributed by atoms with van der Waals surface area (Å²) in [7, 11) is 3.36.